The van der Waals surface area contributed by atoms with Crippen molar-refractivity contribution in [3.8, 4) is 0 Å². The molecule has 2 atom stereocenters. The number of carbonyl (C=O) groups is 1. The summed E-state index contributed by atoms with van der Waals surface area (Å²) in [6.07, 6.45) is 6.19. The van der Waals surface area contributed by atoms with Gasteiger partial charge in [0.1, 0.15) is 11.9 Å². The van der Waals surface area contributed by atoms with Gasteiger partial charge in [0.2, 0.25) is 0 Å². The minimum atomic E-state index is -0.838. The smallest absolute Gasteiger partial charge is 0.325 e. The average Bonchev–Trinajstić information content (AvgIpc) is 3.23. The van der Waals surface area contributed by atoms with Crippen LogP contribution in [0.1, 0.15) is 48.5 Å². The van der Waals surface area contributed by atoms with Crippen molar-refractivity contribution in [3.05, 3.63) is 58.2 Å². The minimum Gasteiger partial charge on any atom is -0.480 e. The van der Waals surface area contributed by atoms with Gasteiger partial charge in [-0.3, -0.25) is 9.69 Å². The topological polar surface area (TPSA) is 74.7 Å². The summed E-state index contributed by atoms with van der Waals surface area (Å²) in [4.78, 5) is 18.6. The molecule has 0 saturated carbocycles. The van der Waals surface area contributed by atoms with Crippen molar-refractivity contribution in [2.75, 3.05) is 31.6 Å². The molecule has 7 heteroatoms. The van der Waals surface area contributed by atoms with Gasteiger partial charge in [0.25, 0.3) is 0 Å². The second-order valence-electron chi connectivity index (χ2n) is 8.37. The number of halogens is 1. The Morgan fingerprint density at radius 2 is 2.10 bits per heavy atom. The number of unbranched alkanes of at least 4 members (excludes halogenated alkanes) is 1. The summed E-state index contributed by atoms with van der Waals surface area (Å²) in [5, 5.41) is 13.7. The van der Waals surface area contributed by atoms with Gasteiger partial charge >= 0.3 is 5.97 Å². The molecule has 0 spiro atoms. The van der Waals surface area contributed by atoms with Crippen molar-refractivity contribution in [1.82, 2.24) is 9.88 Å². The Balaban J connectivity index is 1.20. The van der Waals surface area contributed by atoms with E-state index >= 15 is 0 Å². The number of carboxylic acid groups (broad SMARTS) is 1. The first kappa shape index (κ1) is 22.1. The zero-order valence-corrected chi connectivity index (χ0v) is 18.5. The van der Waals surface area contributed by atoms with Gasteiger partial charge in [-0.1, -0.05) is 29.8 Å². The predicted octanol–water partition coefficient (Wildman–Crippen LogP) is 4.33. The van der Waals surface area contributed by atoms with E-state index in [-0.39, 0.29) is 6.10 Å². The molecular formula is C24H30ClN3O3. The van der Waals surface area contributed by atoms with Crippen molar-refractivity contribution in [2.24, 2.45) is 0 Å². The lowest BCUT2D eigenvalue weighted by molar-refractivity contribution is -0.143. The van der Waals surface area contributed by atoms with Gasteiger partial charge in [0.05, 0.1) is 6.10 Å². The third kappa shape index (κ3) is 5.76. The van der Waals surface area contributed by atoms with E-state index in [0.29, 0.717) is 18.2 Å². The number of nitrogens with one attached hydrogen (secondary N) is 1. The minimum absolute atomic E-state index is 0.0835. The summed E-state index contributed by atoms with van der Waals surface area (Å²) in [5.41, 5.74) is 3.21. The van der Waals surface area contributed by atoms with E-state index in [1.165, 1.54) is 12.0 Å². The molecule has 0 aliphatic carbocycles. The number of hydrogen-bond donors (Lipinski definition) is 2. The fourth-order valence-corrected chi connectivity index (χ4v) is 4.57. The van der Waals surface area contributed by atoms with Crippen LogP contribution < -0.4 is 5.32 Å². The molecule has 31 heavy (non-hydrogen) atoms. The number of fused-ring (bicyclic) bond motifs is 1. The number of ether oxygens (including phenoxy) is 1. The molecule has 1 fully saturated rings. The molecule has 166 valence electrons. The van der Waals surface area contributed by atoms with Crippen LogP contribution in [0, 0.1) is 0 Å². The maximum Gasteiger partial charge on any atom is 0.325 e. The Morgan fingerprint density at radius 1 is 1.26 bits per heavy atom. The lowest BCUT2D eigenvalue weighted by atomic mass is 10.1. The molecular weight excluding hydrogens is 414 g/mol. The number of aliphatic carboxylic acids is 1. The fourth-order valence-electron chi connectivity index (χ4n) is 4.45. The summed E-state index contributed by atoms with van der Waals surface area (Å²) in [7, 11) is 0. The maximum atomic E-state index is 11.9. The van der Waals surface area contributed by atoms with Crippen LogP contribution in [0.3, 0.4) is 0 Å². The Labute approximate surface area is 188 Å². The van der Waals surface area contributed by atoms with Gasteiger partial charge in [-0.2, -0.15) is 0 Å². The molecule has 1 aromatic heterocycles. The number of aryl methyl sites for hydroxylation is 2. The fraction of sp³-hybridized carbons (Fsp3) is 0.500. The van der Waals surface area contributed by atoms with Crippen molar-refractivity contribution >= 4 is 23.4 Å². The summed E-state index contributed by atoms with van der Waals surface area (Å²) < 4.78 is 6.06. The quantitative estimate of drug-likeness (QED) is 0.562. The first-order chi connectivity index (χ1) is 15.1. The summed E-state index contributed by atoms with van der Waals surface area (Å²) in [6.45, 7) is 3.06. The second-order valence-corrected chi connectivity index (χ2v) is 8.80. The number of anilines is 1. The molecule has 3 heterocycles. The number of rotatable bonds is 9. The molecule has 6 nitrogen and oxygen atoms in total. The van der Waals surface area contributed by atoms with Crippen LogP contribution in [0.5, 0.6) is 0 Å². The van der Waals surface area contributed by atoms with Crippen LogP contribution >= 0.6 is 11.6 Å². The molecule has 2 N–H and O–H groups in total. The molecule has 0 radical (unpaired) electrons. The number of hydrogen-bond acceptors (Lipinski definition) is 5. The molecule has 1 aromatic carbocycles. The number of nitrogens with zero attached hydrogens (tertiary/aromatic N) is 2. The van der Waals surface area contributed by atoms with Crippen LogP contribution in [0.15, 0.2) is 36.4 Å². The first-order valence-corrected chi connectivity index (χ1v) is 11.5. The van der Waals surface area contributed by atoms with E-state index in [2.05, 4.69) is 17.4 Å². The Kier molecular flexibility index (Phi) is 7.43. The summed E-state index contributed by atoms with van der Waals surface area (Å²) in [5.74, 6) is 0.217. The Hall–Kier alpha value is -2.15. The monoisotopic (exact) mass is 443 g/mol. The van der Waals surface area contributed by atoms with E-state index in [1.807, 2.05) is 4.90 Å². The highest BCUT2D eigenvalue weighted by Gasteiger charge is 2.33. The van der Waals surface area contributed by atoms with Crippen LogP contribution in [0.4, 0.5) is 5.82 Å². The lowest BCUT2D eigenvalue weighted by Crippen LogP contribution is -2.33. The molecule has 4 rings (SSSR count). The van der Waals surface area contributed by atoms with Crippen LogP contribution in [0.25, 0.3) is 0 Å². The molecule has 2 aliphatic rings. The second kappa shape index (κ2) is 10.4. The zero-order chi connectivity index (χ0) is 21.6. The molecule has 1 saturated heterocycles. The van der Waals surface area contributed by atoms with E-state index in [0.717, 1.165) is 62.3 Å². The number of carboxylic acids is 1. The molecule has 1 unspecified atom stereocenters. The van der Waals surface area contributed by atoms with Crippen LogP contribution in [0.2, 0.25) is 5.02 Å². The SMILES string of the molecule is O=C(O)C(c1ccc(Cl)cc1)N1CC[C@@H](OCCCCc2ccc3c(n2)NCCC3)C1. The number of likely N-dealkylation sites (tertiary alicyclic amines) is 1. The van der Waals surface area contributed by atoms with Crippen molar-refractivity contribution in [1.29, 1.82) is 0 Å². The van der Waals surface area contributed by atoms with Crippen LogP contribution in [-0.4, -0.2) is 53.3 Å². The lowest BCUT2D eigenvalue weighted by Gasteiger charge is -2.24. The number of aromatic nitrogens is 1. The standard InChI is InChI=1S/C24H30ClN3O3/c25-19-9-6-17(7-10-19)22(24(29)30)28-14-12-21(16-28)31-15-2-1-5-20-11-8-18-4-3-13-26-23(18)27-20/h6-11,21-22H,1-5,12-16H2,(H,26,27)(H,29,30)/t21-,22?/m1/s1. The highest BCUT2D eigenvalue weighted by molar-refractivity contribution is 6.30. The highest BCUT2D eigenvalue weighted by Crippen LogP contribution is 2.28. The van der Waals surface area contributed by atoms with Gasteiger partial charge in [0.15, 0.2) is 0 Å². The first-order valence-electron chi connectivity index (χ1n) is 11.2. The number of benzene rings is 1. The van der Waals surface area contributed by atoms with E-state index < -0.39 is 12.0 Å². The highest BCUT2D eigenvalue weighted by atomic mass is 35.5. The normalized spacial score (nSPS) is 19.6. The van der Waals surface area contributed by atoms with Gasteiger partial charge in [-0.05, 0) is 67.9 Å². The molecule has 0 bridgehead atoms. The Morgan fingerprint density at radius 3 is 2.90 bits per heavy atom. The zero-order valence-electron chi connectivity index (χ0n) is 17.7. The predicted molar refractivity (Wildman–Crippen MR) is 122 cm³/mol. The summed E-state index contributed by atoms with van der Waals surface area (Å²) >= 11 is 5.94. The molecule has 2 aromatic rings. The van der Waals surface area contributed by atoms with Crippen LogP contribution in [-0.2, 0) is 22.4 Å². The largest absolute Gasteiger partial charge is 0.480 e. The van der Waals surface area contributed by atoms with Crippen molar-refractivity contribution in [3.63, 3.8) is 0 Å². The molecule has 2 aliphatic heterocycles. The van der Waals surface area contributed by atoms with E-state index in [4.69, 9.17) is 21.3 Å². The number of pyridine rings is 1. The van der Waals surface area contributed by atoms with Gasteiger partial charge in [0, 0.05) is 37.0 Å². The van der Waals surface area contributed by atoms with E-state index in [1.54, 1.807) is 24.3 Å². The third-order valence-electron chi connectivity index (χ3n) is 6.09. The maximum absolute atomic E-state index is 11.9. The summed E-state index contributed by atoms with van der Waals surface area (Å²) in [6, 6.07) is 10.8. The van der Waals surface area contributed by atoms with Gasteiger partial charge in [-0.25, -0.2) is 4.98 Å². The van der Waals surface area contributed by atoms with Crippen molar-refractivity contribution in [2.45, 2.75) is 50.7 Å². The molecule has 0 amide bonds. The average molecular weight is 444 g/mol. The Bertz CT molecular complexity index is 890. The van der Waals surface area contributed by atoms with E-state index in [9.17, 15) is 9.90 Å². The van der Waals surface area contributed by atoms with Gasteiger partial charge < -0.3 is 15.2 Å². The third-order valence-corrected chi connectivity index (χ3v) is 6.35. The van der Waals surface area contributed by atoms with Gasteiger partial charge in [-0.15, -0.1) is 0 Å². The van der Waals surface area contributed by atoms with Crippen molar-refractivity contribution < 1.29 is 14.6 Å².